The van der Waals surface area contributed by atoms with Crippen molar-refractivity contribution in [2.24, 2.45) is 35.3 Å². The molecule has 0 saturated heterocycles. The minimum absolute atomic E-state index is 0.253. The molecule has 4 heteroatoms. The molecule has 4 atom stereocenters. The Hall–Kier alpha value is -0.640. The molecule has 3 rings (SSSR count). The lowest BCUT2D eigenvalue weighted by Gasteiger charge is -2.09. The first-order valence-electron chi connectivity index (χ1n) is 6.24. The molecular weight excluding hydrogens is 220 g/mol. The maximum Gasteiger partial charge on any atom is 0.223 e. The molecule has 2 bridgehead atoms. The van der Waals surface area contributed by atoms with Crippen molar-refractivity contribution < 1.29 is 4.79 Å². The Kier molecular flexibility index (Phi) is 2.42. The van der Waals surface area contributed by atoms with Crippen LogP contribution in [0, 0.1) is 29.6 Å². The molecule has 0 aromatic heterocycles. The normalized spacial score (nSPS) is 42.9. The highest BCUT2D eigenvalue weighted by Gasteiger charge is 2.67. The number of hydrogen-bond donors (Lipinski definition) is 2. The van der Waals surface area contributed by atoms with Gasteiger partial charge in [-0.25, -0.2) is 0 Å². The molecule has 4 unspecified atom stereocenters. The van der Waals surface area contributed by atoms with Crippen LogP contribution < -0.4 is 11.1 Å². The third kappa shape index (κ3) is 1.54. The van der Waals surface area contributed by atoms with Crippen LogP contribution in [-0.4, -0.2) is 17.4 Å². The van der Waals surface area contributed by atoms with Crippen LogP contribution in [-0.2, 0) is 4.79 Å². The van der Waals surface area contributed by atoms with Crippen LogP contribution in [0.25, 0.3) is 0 Å². The Morgan fingerprint density at radius 1 is 1.31 bits per heavy atom. The average molecular weight is 238 g/mol. The Bertz CT molecular complexity index is 328. The molecule has 3 N–H and O–H groups in total. The van der Waals surface area contributed by atoms with Gasteiger partial charge in [0.25, 0.3) is 0 Å². The first-order valence-corrected chi connectivity index (χ1v) is 6.65. The second-order valence-electron chi connectivity index (χ2n) is 5.52. The summed E-state index contributed by atoms with van der Waals surface area (Å²) in [5, 5.41) is 2.97. The van der Waals surface area contributed by atoms with Gasteiger partial charge in [0.1, 0.15) is 0 Å². The van der Waals surface area contributed by atoms with Gasteiger partial charge >= 0.3 is 0 Å². The number of carbonyl (C=O) groups excluding carboxylic acids is 1. The van der Waals surface area contributed by atoms with Gasteiger partial charge in [-0.05, 0) is 42.9 Å². The molecule has 0 aromatic carbocycles. The Balaban J connectivity index is 1.49. The number of hydrogen-bond acceptors (Lipinski definition) is 2. The van der Waals surface area contributed by atoms with Gasteiger partial charge in [0.15, 0.2) is 0 Å². The number of nitrogens with two attached hydrogens (primary N) is 1. The second-order valence-corrected chi connectivity index (χ2v) is 6.05. The third-order valence-corrected chi connectivity index (χ3v) is 4.91. The van der Waals surface area contributed by atoms with E-state index in [9.17, 15) is 4.79 Å². The van der Waals surface area contributed by atoms with Crippen molar-refractivity contribution >= 4 is 23.1 Å². The topological polar surface area (TPSA) is 55.1 Å². The van der Waals surface area contributed by atoms with Crippen molar-refractivity contribution in [1.29, 1.82) is 0 Å². The summed E-state index contributed by atoms with van der Waals surface area (Å²) in [6.07, 6.45) is 4.74. The predicted molar refractivity (Wildman–Crippen MR) is 65.7 cm³/mol. The zero-order valence-electron chi connectivity index (χ0n) is 9.32. The summed E-state index contributed by atoms with van der Waals surface area (Å²) >= 11 is 4.78. The summed E-state index contributed by atoms with van der Waals surface area (Å²) in [5.74, 6) is 3.76. The first-order chi connectivity index (χ1) is 7.68. The van der Waals surface area contributed by atoms with Gasteiger partial charge in [-0.15, -0.1) is 0 Å². The first kappa shape index (κ1) is 10.5. The third-order valence-electron chi connectivity index (χ3n) is 4.71. The van der Waals surface area contributed by atoms with Crippen LogP contribution in [0.3, 0.4) is 0 Å². The SMILES string of the molecule is NC(=S)CCNC(=O)C1C2C3CCC(C3)C12. The second kappa shape index (κ2) is 3.69. The van der Waals surface area contributed by atoms with Crippen molar-refractivity contribution in [2.45, 2.75) is 25.7 Å². The molecule has 0 spiro atoms. The van der Waals surface area contributed by atoms with E-state index in [0.717, 1.165) is 23.7 Å². The fraction of sp³-hybridized carbons (Fsp3) is 0.833. The van der Waals surface area contributed by atoms with E-state index in [1.54, 1.807) is 0 Å². The predicted octanol–water partition coefficient (Wildman–Crippen LogP) is 1.07. The molecular formula is C12H18N2OS. The van der Waals surface area contributed by atoms with Crippen LogP contribution in [0.4, 0.5) is 0 Å². The summed E-state index contributed by atoms with van der Waals surface area (Å²) < 4.78 is 0. The minimum Gasteiger partial charge on any atom is -0.393 e. The van der Waals surface area contributed by atoms with E-state index in [1.807, 2.05) is 0 Å². The maximum atomic E-state index is 11.9. The number of fused-ring (bicyclic) bond motifs is 5. The van der Waals surface area contributed by atoms with Gasteiger partial charge in [0, 0.05) is 18.9 Å². The van der Waals surface area contributed by atoms with Gasteiger partial charge in [-0.2, -0.15) is 0 Å². The van der Waals surface area contributed by atoms with E-state index in [2.05, 4.69) is 5.32 Å². The highest BCUT2D eigenvalue weighted by Crippen LogP contribution is 2.69. The van der Waals surface area contributed by atoms with E-state index >= 15 is 0 Å². The van der Waals surface area contributed by atoms with E-state index < -0.39 is 0 Å². The Morgan fingerprint density at radius 2 is 1.94 bits per heavy atom. The van der Waals surface area contributed by atoms with E-state index in [4.69, 9.17) is 18.0 Å². The fourth-order valence-corrected chi connectivity index (χ4v) is 4.20. The van der Waals surface area contributed by atoms with Gasteiger partial charge in [0.05, 0.1) is 4.99 Å². The molecule has 88 valence electrons. The number of rotatable bonds is 4. The van der Waals surface area contributed by atoms with E-state index in [0.29, 0.717) is 23.9 Å². The Labute approximate surface area is 101 Å². The molecule has 3 nitrogen and oxygen atoms in total. The van der Waals surface area contributed by atoms with E-state index in [-0.39, 0.29) is 5.91 Å². The molecule has 3 aliphatic carbocycles. The maximum absolute atomic E-state index is 11.9. The standard InChI is InChI=1S/C12H18N2OS/c13-8(16)3-4-14-12(15)11-9-6-1-2-7(5-6)10(9)11/h6-7,9-11H,1-5H2,(H2,13,16)(H,14,15). The van der Waals surface area contributed by atoms with Crippen LogP contribution in [0.1, 0.15) is 25.7 Å². The Morgan fingerprint density at radius 3 is 2.50 bits per heavy atom. The highest BCUT2D eigenvalue weighted by atomic mass is 32.1. The zero-order valence-corrected chi connectivity index (χ0v) is 10.1. The van der Waals surface area contributed by atoms with Crippen LogP contribution in [0.15, 0.2) is 0 Å². The number of amides is 1. The van der Waals surface area contributed by atoms with Gasteiger partial charge in [-0.1, -0.05) is 12.2 Å². The lowest BCUT2D eigenvalue weighted by atomic mass is 10.0. The largest absolute Gasteiger partial charge is 0.393 e. The summed E-state index contributed by atoms with van der Waals surface area (Å²) in [6, 6.07) is 0. The number of nitrogens with one attached hydrogen (secondary N) is 1. The van der Waals surface area contributed by atoms with Crippen molar-refractivity contribution in [2.75, 3.05) is 6.54 Å². The van der Waals surface area contributed by atoms with Gasteiger partial charge in [-0.3, -0.25) is 4.79 Å². The molecule has 0 radical (unpaired) electrons. The molecule has 3 aliphatic rings. The van der Waals surface area contributed by atoms with Crippen molar-refractivity contribution in [3.05, 3.63) is 0 Å². The lowest BCUT2D eigenvalue weighted by molar-refractivity contribution is -0.123. The average Bonchev–Trinajstić information content (AvgIpc) is 2.68. The minimum atomic E-state index is 0.253. The molecule has 16 heavy (non-hydrogen) atoms. The van der Waals surface area contributed by atoms with Crippen LogP contribution in [0.2, 0.25) is 0 Å². The number of thiocarbonyl (C=S) groups is 1. The van der Waals surface area contributed by atoms with Crippen molar-refractivity contribution in [1.82, 2.24) is 5.32 Å². The lowest BCUT2D eigenvalue weighted by Crippen LogP contribution is -2.30. The monoisotopic (exact) mass is 238 g/mol. The fourth-order valence-electron chi connectivity index (χ4n) is 4.10. The molecule has 0 aromatic rings. The smallest absolute Gasteiger partial charge is 0.223 e. The molecule has 0 heterocycles. The molecule has 3 saturated carbocycles. The molecule has 0 aliphatic heterocycles. The summed E-state index contributed by atoms with van der Waals surface area (Å²) in [5.41, 5.74) is 5.40. The van der Waals surface area contributed by atoms with Crippen molar-refractivity contribution in [3.8, 4) is 0 Å². The molecule has 3 fully saturated rings. The molecule has 1 amide bonds. The summed E-state index contributed by atoms with van der Waals surface area (Å²) in [6.45, 7) is 0.611. The van der Waals surface area contributed by atoms with Crippen LogP contribution in [0.5, 0.6) is 0 Å². The zero-order chi connectivity index (χ0) is 11.3. The summed E-state index contributed by atoms with van der Waals surface area (Å²) in [4.78, 5) is 12.4. The van der Waals surface area contributed by atoms with E-state index in [1.165, 1.54) is 19.3 Å². The van der Waals surface area contributed by atoms with Crippen LogP contribution >= 0.6 is 12.2 Å². The highest BCUT2D eigenvalue weighted by molar-refractivity contribution is 7.80. The number of carbonyl (C=O) groups is 1. The van der Waals surface area contributed by atoms with Gasteiger partial charge in [0.2, 0.25) is 5.91 Å². The van der Waals surface area contributed by atoms with Gasteiger partial charge < -0.3 is 11.1 Å². The quantitative estimate of drug-likeness (QED) is 0.720. The summed E-state index contributed by atoms with van der Waals surface area (Å²) in [7, 11) is 0. The van der Waals surface area contributed by atoms with Crippen molar-refractivity contribution in [3.63, 3.8) is 0 Å².